The summed E-state index contributed by atoms with van der Waals surface area (Å²) < 4.78 is 0. The maximum Gasteiger partial charge on any atom is 0.122 e. The van der Waals surface area contributed by atoms with E-state index in [1.165, 1.54) is 49.4 Å². The van der Waals surface area contributed by atoms with Crippen LogP contribution in [0.3, 0.4) is 0 Å². The zero-order valence-corrected chi connectivity index (χ0v) is 14.6. The monoisotopic (exact) mass is 292 g/mol. The summed E-state index contributed by atoms with van der Waals surface area (Å²) in [7, 11) is 0. The molecule has 1 nitrogen and oxygen atoms in total. The van der Waals surface area contributed by atoms with Crippen LogP contribution in [-0.2, 0) is 0 Å². The molecule has 0 aliphatic rings. The molecular weight excluding hydrogens is 268 g/mol. The van der Waals surface area contributed by atoms with Gasteiger partial charge in [0.05, 0.1) is 0 Å². The topological polar surface area (TPSA) is 20.2 Å². The third kappa shape index (κ3) is 1.78. The molecule has 0 aliphatic carbocycles. The Kier molecular flexibility index (Phi) is 3.21. The average molecular weight is 292 g/mol. The van der Waals surface area contributed by atoms with Crippen molar-refractivity contribution in [2.24, 2.45) is 0 Å². The van der Waals surface area contributed by atoms with Crippen molar-refractivity contribution >= 4 is 21.5 Å². The van der Waals surface area contributed by atoms with Gasteiger partial charge >= 0.3 is 0 Å². The van der Waals surface area contributed by atoms with E-state index in [2.05, 4.69) is 46.8 Å². The highest BCUT2D eigenvalue weighted by atomic mass is 16.3. The van der Waals surface area contributed by atoms with Gasteiger partial charge in [-0.3, -0.25) is 0 Å². The van der Waals surface area contributed by atoms with E-state index in [0.717, 1.165) is 11.1 Å². The minimum absolute atomic E-state index is 0.421. The van der Waals surface area contributed by atoms with E-state index < -0.39 is 0 Å². The first kappa shape index (κ1) is 14.9. The molecule has 0 bridgehead atoms. The largest absolute Gasteiger partial charge is 0.507 e. The van der Waals surface area contributed by atoms with Gasteiger partial charge in [0.1, 0.15) is 5.75 Å². The molecule has 0 amide bonds. The Balaban J connectivity index is 2.68. The molecular formula is C21H24O. The number of aryl methyl sites for hydroxylation is 5. The molecule has 0 heterocycles. The lowest BCUT2D eigenvalue weighted by atomic mass is 9.86. The van der Waals surface area contributed by atoms with Crippen LogP contribution in [0.4, 0.5) is 0 Å². The predicted molar refractivity (Wildman–Crippen MR) is 96.3 cm³/mol. The summed E-state index contributed by atoms with van der Waals surface area (Å²) in [6, 6.07) is 4.39. The Morgan fingerprint density at radius 2 is 1.09 bits per heavy atom. The predicted octanol–water partition coefficient (Wildman–Crippen LogP) is 5.86. The summed E-state index contributed by atoms with van der Waals surface area (Å²) in [5, 5.41) is 15.4. The van der Waals surface area contributed by atoms with Gasteiger partial charge in [0, 0.05) is 0 Å². The van der Waals surface area contributed by atoms with Crippen LogP contribution in [-0.4, -0.2) is 5.11 Å². The fourth-order valence-corrected chi connectivity index (χ4v) is 3.77. The third-order valence-electron chi connectivity index (χ3n) is 5.59. The Labute approximate surface area is 132 Å². The number of benzene rings is 3. The lowest BCUT2D eigenvalue weighted by Crippen LogP contribution is -1.97. The van der Waals surface area contributed by atoms with Crippen molar-refractivity contribution in [3.8, 4) is 5.75 Å². The fourth-order valence-electron chi connectivity index (χ4n) is 3.77. The molecule has 0 aliphatic heterocycles. The standard InChI is InChI=1S/C21H24O/c1-10-8-17-15(6)20-14(5)12(3)11(2)13(4)19(20)9-18(17)16(7)21(10)22/h8-9,22H,1-7H3. The lowest BCUT2D eigenvalue weighted by Gasteiger charge is -2.19. The molecule has 0 unspecified atom stereocenters. The van der Waals surface area contributed by atoms with Crippen molar-refractivity contribution in [2.45, 2.75) is 48.5 Å². The average Bonchev–Trinajstić information content (AvgIpc) is 2.49. The maximum absolute atomic E-state index is 10.3. The minimum Gasteiger partial charge on any atom is -0.507 e. The summed E-state index contributed by atoms with van der Waals surface area (Å²) in [6.45, 7) is 15.1. The van der Waals surface area contributed by atoms with Crippen LogP contribution in [0.25, 0.3) is 21.5 Å². The summed E-state index contributed by atoms with van der Waals surface area (Å²) >= 11 is 0. The van der Waals surface area contributed by atoms with Crippen LogP contribution in [0.15, 0.2) is 12.1 Å². The van der Waals surface area contributed by atoms with Gasteiger partial charge in [0.15, 0.2) is 0 Å². The molecule has 0 atom stereocenters. The molecule has 3 rings (SSSR count). The zero-order chi connectivity index (χ0) is 16.3. The SMILES string of the molecule is Cc1cc2c(C)c3c(C)c(C)c(C)c(C)c3cc2c(C)c1O. The summed E-state index contributed by atoms with van der Waals surface area (Å²) in [6.07, 6.45) is 0. The van der Waals surface area contributed by atoms with Crippen LogP contribution >= 0.6 is 0 Å². The lowest BCUT2D eigenvalue weighted by molar-refractivity contribution is 0.468. The van der Waals surface area contributed by atoms with Gasteiger partial charge in [-0.15, -0.1) is 0 Å². The Morgan fingerprint density at radius 1 is 0.545 bits per heavy atom. The molecule has 0 aromatic heterocycles. The smallest absolute Gasteiger partial charge is 0.122 e. The minimum atomic E-state index is 0.421. The zero-order valence-electron chi connectivity index (χ0n) is 14.6. The molecule has 114 valence electrons. The first-order valence-electron chi connectivity index (χ1n) is 7.88. The fraction of sp³-hybridized carbons (Fsp3) is 0.333. The van der Waals surface area contributed by atoms with E-state index in [9.17, 15) is 5.11 Å². The number of fused-ring (bicyclic) bond motifs is 2. The van der Waals surface area contributed by atoms with Crippen LogP contribution in [0.1, 0.15) is 38.9 Å². The second-order valence-electron chi connectivity index (χ2n) is 6.69. The Bertz CT molecular complexity index is 946. The third-order valence-corrected chi connectivity index (χ3v) is 5.59. The molecule has 3 aromatic carbocycles. The first-order valence-corrected chi connectivity index (χ1v) is 7.88. The van der Waals surface area contributed by atoms with Gasteiger partial charge in [0.2, 0.25) is 0 Å². The molecule has 0 radical (unpaired) electrons. The highest BCUT2D eigenvalue weighted by molar-refractivity contribution is 6.07. The van der Waals surface area contributed by atoms with Gasteiger partial charge < -0.3 is 5.11 Å². The van der Waals surface area contributed by atoms with E-state index in [4.69, 9.17) is 0 Å². The normalized spacial score (nSPS) is 11.6. The van der Waals surface area contributed by atoms with Crippen molar-refractivity contribution in [3.63, 3.8) is 0 Å². The van der Waals surface area contributed by atoms with E-state index in [1.54, 1.807) is 0 Å². The number of hydrogen-bond donors (Lipinski definition) is 1. The highest BCUT2D eigenvalue weighted by Crippen LogP contribution is 2.39. The Hall–Kier alpha value is -2.02. The van der Waals surface area contributed by atoms with Crippen molar-refractivity contribution in [3.05, 3.63) is 51.1 Å². The van der Waals surface area contributed by atoms with Gasteiger partial charge in [0.25, 0.3) is 0 Å². The molecule has 1 N–H and O–H groups in total. The van der Waals surface area contributed by atoms with Gasteiger partial charge in [-0.05, 0) is 121 Å². The van der Waals surface area contributed by atoms with E-state index in [1.807, 2.05) is 13.8 Å². The number of aromatic hydroxyl groups is 1. The van der Waals surface area contributed by atoms with Gasteiger partial charge in [-0.2, -0.15) is 0 Å². The van der Waals surface area contributed by atoms with Crippen molar-refractivity contribution in [1.29, 1.82) is 0 Å². The van der Waals surface area contributed by atoms with Crippen molar-refractivity contribution in [2.75, 3.05) is 0 Å². The summed E-state index contributed by atoms with van der Waals surface area (Å²) in [5.41, 5.74) is 8.74. The van der Waals surface area contributed by atoms with Crippen LogP contribution in [0, 0.1) is 48.5 Å². The quantitative estimate of drug-likeness (QED) is 0.515. The maximum atomic E-state index is 10.3. The van der Waals surface area contributed by atoms with Crippen molar-refractivity contribution < 1.29 is 5.11 Å². The molecule has 3 aromatic rings. The molecule has 1 heteroatoms. The van der Waals surface area contributed by atoms with Crippen LogP contribution < -0.4 is 0 Å². The van der Waals surface area contributed by atoms with Gasteiger partial charge in [-0.25, -0.2) is 0 Å². The number of hydrogen-bond acceptors (Lipinski definition) is 1. The first-order chi connectivity index (χ1) is 10.3. The van der Waals surface area contributed by atoms with E-state index >= 15 is 0 Å². The van der Waals surface area contributed by atoms with E-state index in [0.29, 0.717) is 5.75 Å². The summed E-state index contributed by atoms with van der Waals surface area (Å²) in [4.78, 5) is 0. The summed E-state index contributed by atoms with van der Waals surface area (Å²) in [5.74, 6) is 0.421. The molecule has 22 heavy (non-hydrogen) atoms. The van der Waals surface area contributed by atoms with Crippen LogP contribution in [0.5, 0.6) is 5.75 Å². The van der Waals surface area contributed by atoms with Crippen molar-refractivity contribution in [1.82, 2.24) is 0 Å². The highest BCUT2D eigenvalue weighted by Gasteiger charge is 2.16. The number of phenols is 1. The number of phenolic OH excluding ortho intramolecular Hbond substituents is 1. The second kappa shape index (κ2) is 4.74. The molecule has 0 saturated carbocycles. The Morgan fingerprint density at radius 3 is 1.73 bits per heavy atom. The molecule has 0 saturated heterocycles. The second-order valence-corrected chi connectivity index (χ2v) is 6.69. The molecule has 0 spiro atoms. The van der Waals surface area contributed by atoms with Gasteiger partial charge in [-0.1, -0.05) is 0 Å². The van der Waals surface area contributed by atoms with E-state index in [-0.39, 0.29) is 0 Å². The van der Waals surface area contributed by atoms with Crippen LogP contribution in [0.2, 0.25) is 0 Å². The number of rotatable bonds is 0. The molecule has 0 fully saturated rings.